The van der Waals surface area contributed by atoms with Crippen LogP contribution in [0.2, 0.25) is 0 Å². The molecule has 2 heterocycles. The van der Waals surface area contributed by atoms with Crippen molar-refractivity contribution in [3.8, 4) is 0 Å². The second-order valence-electron chi connectivity index (χ2n) is 5.51. The zero-order valence-corrected chi connectivity index (χ0v) is 10.9. The van der Waals surface area contributed by atoms with Gasteiger partial charge >= 0.3 is 0 Å². The van der Waals surface area contributed by atoms with Crippen LogP contribution in [0.5, 0.6) is 0 Å². The molecular weight excluding hydrogens is 232 g/mol. The summed E-state index contributed by atoms with van der Waals surface area (Å²) in [6, 6.07) is 0. The Morgan fingerprint density at radius 2 is 2.00 bits per heavy atom. The summed E-state index contributed by atoms with van der Waals surface area (Å²) < 4.78 is 5.21. The first-order valence-corrected chi connectivity index (χ1v) is 6.95. The summed E-state index contributed by atoms with van der Waals surface area (Å²) in [5.74, 6) is 0.567. The topological polar surface area (TPSA) is 70.6 Å². The predicted octanol–water partition coefficient (Wildman–Crippen LogP) is 0.0338. The van der Waals surface area contributed by atoms with Crippen molar-refractivity contribution >= 4 is 5.91 Å². The Morgan fingerprint density at radius 1 is 1.33 bits per heavy atom. The van der Waals surface area contributed by atoms with Crippen LogP contribution in [0.15, 0.2) is 0 Å². The maximum Gasteiger partial charge on any atom is 0.220 e. The van der Waals surface area contributed by atoms with Crippen LogP contribution in [-0.4, -0.2) is 49.5 Å². The zero-order valence-electron chi connectivity index (χ0n) is 10.9. The molecule has 0 aliphatic carbocycles. The first kappa shape index (κ1) is 13.8. The van der Waals surface area contributed by atoms with Crippen LogP contribution in [0.1, 0.15) is 32.1 Å². The normalized spacial score (nSPS) is 24.7. The van der Waals surface area contributed by atoms with Crippen LogP contribution in [0.3, 0.4) is 0 Å². The Hall–Kier alpha value is -0.650. The summed E-state index contributed by atoms with van der Waals surface area (Å²) >= 11 is 0. The van der Waals surface area contributed by atoms with E-state index < -0.39 is 5.60 Å². The van der Waals surface area contributed by atoms with Crippen molar-refractivity contribution in [1.29, 1.82) is 0 Å². The molecule has 0 atom stereocenters. The van der Waals surface area contributed by atoms with E-state index >= 15 is 0 Å². The Kier molecular flexibility index (Phi) is 4.97. The number of carbonyl (C=O) groups excluding carboxylic acids is 1. The molecule has 18 heavy (non-hydrogen) atoms. The summed E-state index contributed by atoms with van der Waals surface area (Å²) in [7, 11) is 0. The zero-order chi connectivity index (χ0) is 12.8. The quantitative estimate of drug-likeness (QED) is 0.664. The van der Waals surface area contributed by atoms with Gasteiger partial charge in [0.25, 0.3) is 0 Å². The molecule has 2 aliphatic heterocycles. The minimum atomic E-state index is -0.762. The fourth-order valence-corrected chi connectivity index (χ4v) is 2.61. The SMILES string of the molecule is O=C(CC1CCNCC1)NCC1(O)CCOCC1. The Morgan fingerprint density at radius 3 is 2.67 bits per heavy atom. The third-order valence-corrected chi connectivity index (χ3v) is 3.97. The molecule has 0 spiro atoms. The molecule has 0 saturated carbocycles. The molecule has 1 amide bonds. The maximum absolute atomic E-state index is 11.8. The van der Waals surface area contributed by atoms with Crippen LogP contribution in [0.4, 0.5) is 0 Å². The van der Waals surface area contributed by atoms with Crippen molar-refractivity contribution in [3.05, 3.63) is 0 Å². The van der Waals surface area contributed by atoms with E-state index in [0.29, 0.717) is 44.9 Å². The van der Waals surface area contributed by atoms with Crippen molar-refractivity contribution in [2.45, 2.75) is 37.7 Å². The van der Waals surface area contributed by atoms with Gasteiger partial charge in [-0.05, 0) is 31.8 Å². The molecule has 2 rings (SSSR count). The standard InChI is InChI=1S/C13H24N2O3/c16-12(9-11-1-5-14-6-2-11)15-10-13(17)3-7-18-8-4-13/h11,14,17H,1-10H2,(H,15,16). The second kappa shape index (κ2) is 6.50. The molecule has 0 aromatic carbocycles. The maximum atomic E-state index is 11.8. The van der Waals surface area contributed by atoms with Gasteiger partial charge < -0.3 is 20.5 Å². The molecule has 0 radical (unpaired) electrons. The number of amides is 1. The van der Waals surface area contributed by atoms with E-state index in [1.807, 2.05) is 0 Å². The predicted molar refractivity (Wildman–Crippen MR) is 68.2 cm³/mol. The second-order valence-corrected chi connectivity index (χ2v) is 5.51. The number of nitrogens with one attached hydrogen (secondary N) is 2. The molecule has 2 fully saturated rings. The number of hydrogen-bond acceptors (Lipinski definition) is 4. The van der Waals surface area contributed by atoms with Gasteiger partial charge in [0.1, 0.15) is 0 Å². The van der Waals surface area contributed by atoms with Gasteiger partial charge in [-0.15, -0.1) is 0 Å². The van der Waals surface area contributed by atoms with Crippen molar-refractivity contribution < 1.29 is 14.6 Å². The highest BCUT2D eigenvalue weighted by Crippen LogP contribution is 2.20. The van der Waals surface area contributed by atoms with Crippen LogP contribution in [-0.2, 0) is 9.53 Å². The van der Waals surface area contributed by atoms with Crippen LogP contribution >= 0.6 is 0 Å². The van der Waals surface area contributed by atoms with Gasteiger partial charge in [-0.2, -0.15) is 0 Å². The lowest BCUT2D eigenvalue weighted by molar-refractivity contribution is -0.125. The first-order chi connectivity index (χ1) is 8.68. The minimum absolute atomic E-state index is 0.0711. The minimum Gasteiger partial charge on any atom is -0.388 e. The highest BCUT2D eigenvalue weighted by Gasteiger charge is 2.30. The summed E-state index contributed by atoms with van der Waals surface area (Å²) in [6.45, 7) is 3.56. The summed E-state index contributed by atoms with van der Waals surface area (Å²) in [6.07, 6.45) is 3.96. The highest BCUT2D eigenvalue weighted by atomic mass is 16.5. The van der Waals surface area contributed by atoms with Crippen LogP contribution in [0.25, 0.3) is 0 Å². The monoisotopic (exact) mass is 256 g/mol. The van der Waals surface area contributed by atoms with Gasteiger partial charge in [-0.3, -0.25) is 4.79 Å². The van der Waals surface area contributed by atoms with Crippen LogP contribution in [0, 0.1) is 5.92 Å². The number of ether oxygens (including phenoxy) is 1. The van der Waals surface area contributed by atoms with Gasteiger partial charge in [0.15, 0.2) is 0 Å². The van der Waals surface area contributed by atoms with E-state index in [0.717, 1.165) is 25.9 Å². The van der Waals surface area contributed by atoms with Crippen LogP contribution < -0.4 is 10.6 Å². The number of carbonyl (C=O) groups is 1. The van der Waals surface area contributed by atoms with E-state index in [2.05, 4.69) is 10.6 Å². The molecule has 5 heteroatoms. The van der Waals surface area contributed by atoms with Gasteiger partial charge in [-0.1, -0.05) is 0 Å². The molecule has 5 nitrogen and oxygen atoms in total. The van der Waals surface area contributed by atoms with Gasteiger partial charge in [0, 0.05) is 39.0 Å². The lowest BCUT2D eigenvalue weighted by atomic mass is 9.93. The Labute approximate surface area is 108 Å². The van der Waals surface area contributed by atoms with E-state index in [1.54, 1.807) is 0 Å². The van der Waals surface area contributed by atoms with Gasteiger partial charge in [-0.25, -0.2) is 0 Å². The van der Waals surface area contributed by atoms with E-state index in [9.17, 15) is 9.90 Å². The number of piperidine rings is 1. The molecule has 3 N–H and O–H groups in total. The molecule has 2 saturated heterocycles. The van der Waals surface area contributed by atoms with Crippen molar-refractivity contribution in [2.24, 2.45) is 5.92 Å². The molecule has 2 aliphatic rings. The molecule has 0 bridgehead atoms. The fraction of sp³-hybridized carbons (Fsp3) is 0.923. The third-order valence-electron chi connectivity index (χ3n) is 3.97. The average Bonchev–Trinajstić information content (AvgIpc) is 2.39. The third kappa shape index (κ3) is 4.23. The van der Waals surface area contributed by atoms with Gasteiger partial charge in [0.05, 0.1) is 5.60 Å². The average molecular weight is 256 g/mol. The molecule has 0 unspecified atom stereocenters. The van der Waals surface area contributed by atoms with Crippen molar-refractivity contribution in [1.82, 2.24) is 10.6 Å². The van der Waals surface area contributed by atoms with Crippen molar-refractivity contribution in [3.63, 3.8) is 0 Å². The number of hydrogen-bond donors (Lipinski definition) is 3. The van der Waals surface area contributed by atoms with Gasteiger partial charge in [0.2, 0.25) is 5.91 Å². The number of aliphatic hydroxyl groups is 1. The Balaban J connectivity index is 1.67. The lowest BCUT2D eigenvalue weighted by Gasteiger charge is -2.32. The first-order valence-electron chi connectivity index (χ1n) is 6.95. The molecular formula is C13H24N2O3. The number of rotatable bonds is 4. The largest absolute Gasteiger partial charge is 0.388 e. The molecule has 104 valence electrons. The summed E-state index contributed by atoms with van der Waals surface area (Å²) in [4.78, 5) is 11.8. The highest BCUT2D eigenvalue weighted by molar-refractivity contribution is 5.76. The summed E-state index contributed by atoms with van der Waals surface area (Å²) in [5.41, 5.74) is -0.762. The Bertz CT molecular complexity index is 271. The van der Waals surface area contributed by atoms with E-state index in [-0.39, 0.29) is 5.91 Å². The molecule has 0 aromatic rings. The fourth-order valence-electron chi connectivity index (χ4n) is 2.61. The van der Waals surface area contributed by atoms with E-state index in [4.69, 9.17) is 4.74 Å². The molecule has 0 aromatic heterocycles. The summed E-state index contributed by atoms with van der Waals surface area (Å²) in [5, 5.41) is 16.4. The van der Waals surface area contributed by atoms with E-state index in [1.165, 1.54) is 0 Å². The lowest BCUT2D eigenvalue weighted by Crippen LogP contribution is -2.47. The van der Waals surface area contributed by atoms with Crippen molar-refractivity contribution in [2.75, 3.05) is 32.8 Å². The smallest absolute Gasteiger partial charge is 0.220 e.